The van der Waals surface area contributed by atoms with Gasteiger partial charge in [0.1, 0.15) is 0 Å². The Bertz CT molecular complexity index is 421. The second-order valence-corrected chi connectivity index (χ2v) is 6.53. The zero-order chi connectivity index (χ0) is 13.2. The van der Waals surface area contributed by atoms with Crippen molar-refractivity contribution in [2.75, 3.05) is 5.88 Å². The second kappa shape index (κ2) is 5.62. The summed E-state index contributed by atoms with van der Waals surface area (Å²) >= 11 is 7.69. The molecule has 0 bridgehead atoms. The average molecular weight is 286 g/mol. The molecule has 1 fully saturated rings. The minimum Gasteiger partial charge on any atom is -0.345 e. The van der Waals surface area contributed by atoms with E-state index in [0.29, 0.717) is 5.88 Å². The summed E-state index contributed by atoms with van der Waals surface area (Å²) in [4.78, 5) is 12.3. The van der Waals surface area contributed by atoms with E-state index in [4.69, 9.17) is 11.6 Å². The fourth-order valence-electron chi connectivity index (χ4n) is 2.51. The van der Waals surface area contributed by atoms with Crippen LogP contribution in [0.3, 0.4) is 0 Å². The first-order chi connectivity index (χ1) is 8.56. The Morgan fingerprint density at radius 2 is 2.17 bits per heavy atom. The summed E-state index contributed by atoms with van der Waals surface area (Å²) in [7, 11) is 0. The van der Waals surface area contributed by atoms with Gasteiger partial charge in [0.25, 0.3) is 5.91 Å². The molecule has 1 aliphatic rings. The third-order valence-corrected chi connectivity index (χ3v) is 5.34. The van der Waals surface area contributed by atoms with Crippen molar-refractivity contribution in [2.45, 2.75) is 45.1 Å². The standard InChI is InChI=1S/C14H20ClNOS/c1-10-3-5-14(9-15,6-4-10)16-13(17)12-8-18-7-11(12)2/h7-8,10H,3-6,9H2,1-2H3,(H,16,17). The molecule has 0 aromatic carbocycles. The van der Waals surface area contributed by atoms with Crippen molar-refractivity contribution >= 4 is 28.8 Å². The Labute approximate surface area is 118 Å². The quantitative estimate of drug-likeness (QED) is 0.837. The van der Waals surface area contributed by atoms with Gasteiger partial charge in [-0.1, -0.05) is 6.92 Å². The van der Waals surface area contributed by atoms with E-state index in [-0.39, 0.29) is 11.4 Å². The molecule has 18 heavy (non-hydrogen) atoms. The highest BCUT2D eigenvalue weighted by atomic mass is 35.5. The summed E-state index contributed by atoms with van der Waals surface area (Å²) in [5.74, 6) is 1.29. The molecule has 1 saturated carbocycles. The molecule has 0 spiro atoms. The molecule has 1 N–H and O–H groups in total. The molecular weight excluding hydrogens is 266 g/mol. The monoisotopic (exact) mass is 285 g/mol. The molecular formula is C14H20ClNOS. The van der Waals surface area contributed by atoms with Crippen LogP contribution in [0.2, 0.25) is 0 Å². The Hall–Kier alpha value is -0.540. The van der Waals surface area contributed by atoms with Crippen LogP contribution in [0.4, 0.5) is 0 Å². The fourth-order valence-corrected chi connectivity index (χ4v) is 3.67. The molecule has 1 aromatic rings. The van der Waals surface area contributed by atoms with Gasteiger partial charge in [0.2, 0.25) is 0 Å². The van der Waals surface area contributed by atoms with Crippen molar-refractivity contribution < 1.29 is 4.79 Å². The van der Waals surface area contributed by atoms with Gasteiger partial charge in [-0.25, -0.2) is 0 Å². The van der Waals surface area contributed by atoms with Crippen LogP contribution in [0.1, 0.15) is 48.5 Å². The van der Waals surface area contributed by atoms with Crippen LogP contribution in [-0.4, -0.2) is 17.3 Å². The lowest BCUT2D eigenvalue weighted by molar-refractivity contribution is 0.0872. The van der Waals surface area contributed by atoms with E-state index in [1.807, 2.05) is 17.7 Å². The van der Waals surface area contributed by atoms with Gasteiger partial charge in [-0.15, -0.1) is 11.6 Å². The van der Waals surface area contributed by atoms with E-state index in [2.05, 4.69) is 12.2 Å². The van der Waals surface area contributed by atoms with E-state index < -0.39 is 0 Å². The van der Waals surface area contributed by atoms with E-state index in [1.165, 1.54) is 0 Å². The van der Waals surface area contributed by atoms with E-state index >= 15 is 0 Å². The maximum atomic E-state index is 12.3. The Kier molecular flexibility index (Phi) is 4.33. The van der Waals surface area contributed by atoms with Crippen LogP contribution in [0.15, 0.2) is 10.8 Å². The number of halogens is 1. The summed E-state index contributed by atoms with van der Waals surface area (Å²) in [6.07, 6.45) is 4.28. The van der Waals surface area contributed by atoms with Gasteiger partial charge < -0.3 is 5.32 Å². The third-order valence-electron chi connectivity index (χ3n) is 3.97. The van der Waals surface area contributed by atoms with Gasteiger partial charge in [-0.3, -0.25) is 4.79 Å². The number of carbonyl (C=O) groups excluding carboxylic acids is 1. The number of carbonyl (C=O) groups is 1. The minimum absolute atomic E-state index is 0.0314. The highest BCUT2D eigenvalue weighted by Crippen LogP contribution is 2.33. The maximum absolute atomic E-state index is 12.3. The highest BCUT2D eigenvalue weighted by molar-refractivity contribution is 7.08. The molecule has 1 amide bonds. The number of hydrogen-bond acceptors (Lipinski definition) is 2. The lowest BCUT2D eigenvalue weighted by Gasteiger charge is -2.38. The van der Waals surface area contributed by atoms with Crippen LogP contribution in [0, 0.1) is 12.8 Å². The van der Waals surface area contributed by atoms with Gasteiger partial charge in [0, 0.05) is 11.3 Å². The average Bonchev–Trinajstić information content (AvgIpc) is 2.79. The SMILES string of the molecule is Cc1cscc1C(=O)NC1(CCl)CCC(C)CC1. The summed E-state index contributed by atoms with van der Waals surface area (Å²) in [6, 6.07) is 0. The van der Waals surface area contributed by atoms with Crippen LogP contribution in [0.5, 0.6) is 0 Å². The zero-order valence-electron chi connectivity index (χ0n) is 11.0. The molecule has 100 valence electrons. The largest absolute Gasteiger partial charge is 0.345 e. The smallest absolute Gasteiger partial charge is 0.252 e. The lowest BCUT2D eigenvalue weighted by Crippen LogP contribution is -2.52. The number of rotatable bonds is 3. The van der Waals surface area contributed by atoms with E-state index in [0.717, 1.165) is 42.7 Å². The van der Waals surface area contributed by atoms with Crippen molar-refractivity contribution in [1.82, 2.24) is 5.32 Å². The van der Waals surface area contributed by atoms with Crippen LogP contribution < -0.4 is 5.32 Å². The lowest BCUT2D eigenvalue weighted by atomic mass is 9.78. The Morgan fingerprint density at radius 3 is 2.67 bits per heavy atom. The molecule has 0 atom stereocenters. The number of amides is 1. The summed E-state index contributed by atoms with van der Waals surface area (Å²) in [5, 5.41) is 7.10. The molecule has 0 saturated heterocycles. The number of nitrogens with one attached hydrogen (secondary N) is 1. The first-order valence-electron chi connectivity index (χ1n) is 6.47. The summed E-state index contributed by atoms with van der Waals surface area (Å²) in [5.41, 5.74) is 1.65. The van der Waals surface area contributed by atoms with Crippen LogP contribution in [-0.2, 0) is 0 Å². The van der Waals surface area contributed by atoms with Gasteiger partial charge in [0.05, 0.1) is 11.1 Å². The normalized spacial score (nSPS) is 28.1. The molecule has 4 heteroatoms. The molecule has 0 unspecified atom stereocenters. The number of hydrogen-bond donors (Lipinski definition) is 1. The minimum atomic E-state index is -0.195. The number of thiophene rings is 1. The molecule has 1 aromatic heterocycles. The molecule has 2 nitrogen and oxygen atoms in total. The van der Waals surface area contributed by atoms with Crippen molar-refractivity contribution in [3.8, 4) is 0 Å². The molecule has 2 rings (SSSR count). The number of alkyl halides is 1. The molecule has 0 radical (unpaired) electrons. The topological polar surface area (TPSA) is 29.1 Å². The van der Waals surface area contributed by atoms with Crippen molar-refractivity contribution in [2.24, 2.45) is 5.92 Å². The van der Waals surface area contributed by atoms with Gasteiger partial charge in [-0.2, -0.15) is 11.3 Å². The van der Waals surface area contributed by atoms with Crippen LogP contribution in [0.25, 0.3) is 0 Å². The first kappa shape index (κ1) is 13.9. The Balaban J connectivity index is 2.07. The zero-order valence-corrected chi connectivity index (χ0v) is 12.5. The maximum Gasteiger partial charge on any atom is 0.252 e. The first-order valence-corrected chi connectivity index (χ1v) is 7.95. The summed E-state index contributed by atoms with van der Waals surface area (Å²) in [6.45, 7) is 4.24. The van der Waals surface area contributed by atoms with Gasteiger partial charge in [-0.05, 0) is 49.5 Å². The van der Waals surface area contributed by atoms with Gasteiger partial charge >= 0.3 is 0 Å². The van der Waals surface area contributed by atoms with Crippen LogP contribution >= 0.6 is 22.9 Å². The predicted molar refractivity (Wildman–Crippen MR) is 77.6 cm³/mol. The highest BCUT2D eigenvalue weighted by Gasteiger charge is 2.35. The second-order valence-electron chi connectivity index (χ2n) is 5.52. The number of aryl methyl sites for hydroxylation is 1. The fraction of sp³-hybridized carbons (Fsp3) is 0.643. The van der Waals surface area contributed by atoms with Crippen molar-refractivity contribution in [3.05, 3.63) is 21.9 Å². The van der Waals surface area contributed by atoms with Crippen molar-refractivity contribution in [3.63, 3.8) is 0 Å². The van der Waals surface area contributed by atoms with Gasteiger partial charge in [0.15, 0.2) is 0 Å². The third kappa shape index (κ3) is 2.89. The summed E-state index contributed by atoms with van der Waals surface area (Å²) < 4.78 is 0. The Morgan fingerprint density at radius 1 is 1.50 bits per heavy atom. The van der Waals surface area contributed by atoms with E-state index in [9.17, 15) is 4.79 Å². The molecule has 1 heterocycles. The molecule has 0 aliphatic heterocycles. The molecule has 1 aliphatic carbocycles. The predicted octanol–water partition coefficient (Wildman–Crippen LogP) is 3.97. The van der Waals surface area contributed by atoms with E-state index in [1.54, 1.807) is 11.3 Å². The van der Waals surface area contributed by atoms with Crippen molar-refractivity contribution in [1.29, 1.82) is 0 Å².